The van der Waals surface area contributed by atoms with Crippen molar-refractivity contribution < 1.29 is 0 Å². The van der Waals surface area contributed by atoms with E-state index in [1.54, 1.807) is 30.3 Å². The lowest BCUT2D eigenvalue weighted by Crippen LogP contribution is -1.91. The van der Waals surface area contributed by atoms with E-state index in [4.69, 9.17) is 58.0 Å². The van der Waals surface area contributed by atoms with Gasteiger partial charge in [-0.05, 0) is 41.0 Å². The molecule has 0 radical (unpaired) electrons. The Morgan fingerprint density at radius 1 is 0.850 bits per heavy atom. The van der Waals surface area contributed by atoms with Crippen LogP contribution in [-0.4, -0.2) is 5.88 Å². The monoisotopic (exact) mass is 364 g/mol. The zero-order valence-electron chi connectivity index (χ0n) is 10.1. The van der Waals surface area contributed by atoms with Gasteiger partial charge in [-0.2, -0.15) is 0 Å². The third-order valence-corrected chi connectivity index (χ3v) is 4.27. The molecule has 0 heterocycles. The van der Waals surface area contributed by atoms with Crippen molar-refractivity contribution in [3.63, 3.8) is 0 Å². The fraction of sp³-hybridized carbons (Fsp3) is 0.0667. The standard InChI is InChI=1S/C15H9Cl5/c16-8-13(12-6-5-11(18)7-14(12)19)15(20)9-1-3-10(17)4-2-9/h1-7H,8H2/b15-13+. The van der Waals surface area contributed by atoms with Crippen LogP contribution >= 0.6 is 58.0 Å². The fourth-order valence-electron chi connectivity index (χ4n) is 1.75. The molecule has 0 spiro atoms. The number of allylic oxidation sites excluding steroid dienone is 1. The van der Waals surface area contributed by atoms with E-state index in [1.807, 2.05) is 12.1 Å². The average Bonchev–Trinajstić information content (AvgIpc) is 2.42. The van der Waals surface area contributed by atoms with Gasteiger partial charge in [0.15, 0.2) is 0 Å². The lowest BCUT2D eigenvalue weighted by molar-refractivity contribution is 1.56. The van der Waals surface area contributed by atoms with Crippen LogP contribution < -0.4 is 0 Å². The highest BCUT2D eigenvalue weighted by atomic mass is 35.5. The Balaban J connectivity index is 2.54. The predicted molar refractivity (Wildman–Crippen MR) is 91.3 cm³/mol. The summed E-state index contributed by atoms with van der Waals surface area (Å²) < 4.78 is 0. The Hall–Kier alpha value is -0.370. The largest absolute Gasteiger partial charge is 0.121 e. The summed E-state index contributed by atoms with van der Waals surface area (Å²) >= 11 is 30.4. The normalized spacial score (nSPS) is 12.2. The summed E-state index contributed by atoms with van der Waals surface area (Å²) in [6, 6.07) is 12.4. The first-order chi connectivity index (χ1) is 9.52. The third-order valence-electron chi connectivity index (χ3n) is 2.75. The molecule has 0 N–H and O–H groups in total. The van der Waals surface area contributed by atoms with Gasteiger partial charge in [0.25, 0.3) is 0 Å². The molecular weight excluding hydrogens is 357 g/mol. The molecule has 2 aromatic carbocycles. The molecule has 2 aromatic rings. The molecule has 0 saturated heterocycles. The van der Waals surface area contributed by atoms with Crippen LogP contribution in [0, 0.1) is 0 Å². The van der Waals surface area contributed by atoms with Gasteiger partial charge in [0, 0.05) is 20.9 Å². The van der Waals surface area contributed by atoms with Crippen LogP contribution in [0.4, 0.5) is 0 Å². The smallest absolute Gasteiger partial charge is 0.0529 e. The lowest BCUT2D eigenvalue weighted by atomic mass is 10.0. The Labute approximate surface area is 142 Å². The number of halogens is 5. The average molecular weight is 367 g/mol. The van der Waals surface area contributed by atoms with Gasteiger partial charge in [0.05, 0.1) is 5.03 Å². The molecule has 0 bridgehead atoms. The summed E-state index contributed by atoms with van der Waals surface area (Å²) in [6.45, 7) is 0. The molecule has 0 unspecified atom stereocenters. The summed E-state index contributed by atoms with van der Waals surface area (Å²) in [5.41, 5.74) is 2.35. The van der Waals surface area contributed by atoms with E-state index in [-0.39, 0.29) is 5.88 Å². The van der Waals surface area contributed by atoms with Crippen molar-refractivity contribution in [2.75, 3.05) is 5.88 Å². The van der Waals surface area contributed by atoms with Gasteiger partial charge in [-0.1, -0.05) is 64.6 Å². The summed E-state index contributed by atoms with van der Waals surface area (Å²) in [6.07, 6.45) is 0. The molecule has 0 atom stereocenters. The SMILES string of the molecule is ClC/C(=C(\Cl)c1ccc(Cl)cc1)c1ccc(Cl)cc1Cl. The van der Waals surface area contributed by atoms with Crippen molar-refractivity contribution in [2.24, 2.45) is 0 Å². The van der Waals surface area contributed by atoms with Crippen LogP contribution in [0.1, 0.15) is 11.1 Å². The Morgan fingerprint density at radius 3 is 2.00 bits per heavy atom. The van der Waals surface area contributed by atoms with Crippen molar-refractivity contribution in [3.05, 3.63) is 68.7 Å². The first-order valence-corrected chi connectivity index (χ1v) is 7.73. The van der Waals surface area contributed by atoms with Crippen molar-refractivity contribution in [1.82, 2.24) is 0 Å². The molecule has 0 fully saturated rings. The van der Waals surface area contributed by atoms with Crippen LogP contribution in [0.15, 0.2) is 42.5 Å². The quantitative estimate of drug-likeness (QED) is 0.405. The molecule has 0 aliphatic heterocycles. The molecule has 0 saturated carbocycles. The summed E-state index contributed by atoms with van der Waals surface area (Å²) in [4.78, 5) is 0. The maximum absolute atomic E-state index is 6.43. The number of hydrogen-bond acceptors (Lipinski definition) is 0. The fourth-order valence-corrected chi connectivity index (χ4v) is 3.04. The second-order valence-electron chi connectivity index (χ2n) is 4.06. The van der Waals surface area contributed by atoms with Gasteiger partial charge < -0.3 is 0 Å². The molecule has 2 rings (SSSR count). The van der Waals surface area contributed by atoms with Crippen LogP contribution in [0.2, 0.25) is 15.1 Å². The minimum atomic E-state index is 0.239. The van der Waals surface area contributed by atoms with E-state index in [9.17, 15) is 0 Å². The minimum Gasteiger partial charge on any atom is -0.121 e. The van der Waals surface area contributed by atoms with E-state index < -0.39 is 0 Å². The van der Waals surface area contributed by atoms with Gasteiger partial charge in [-0.3, -0.25) is 0 Å². The third kappa shape index (κ3) is 3.63. The Morgan fingerprint density at radius 2 is 1.45 bits per heavy atom. The molecule has 0 nitrogen and oxygen atoms in total. The molecular formula is C15H9Cl5. The topological polar surface area (TPSA) is 0 Å². The number of rotatable bonds is 3. The van der Waals surface area contributed by atoms with Gasteiger partial charge >= 0.3 is 0 Å². The minimum absolute atomic E-state index is 0.239. The van der Waals surface area contributed by atoms with Gasteiger partial charge in [-0.25, -0.2) is 0 Å². The molecule has 0 amide bonds. The van der Waals surface area contributed by atoms with E-state index in [1.165, 1.54) is 0 Å². The summed E-state index contributed by atoms with van der Waals surface area (Å²) in [5, 5.41) is 2.27. The van der Waals surface area contributed by atoms with Crippen molar-refractivity contribution in [1.29, 1.82) is 0 Å². The summed E-state index contributed by atoms with van der Waals surface area (Å²) in [5.74, 6) is 0.239. The van der Waals surface area contributed by atoms with Gasteiger partial charge in [0.2, 0.25) is 0 Å². The van der Waals surface area contributed by atoms with Crippen molar-refractivity contribution in [3.8, 4) is 0 Å². The second kappa shape index (κ2) is 7.06. The first-order valence-electron chi connectivity index (χ1n) is 5.69. The highest BCUT2D eigenvalue weighted by Gasteiger charge is 2.12. The van der Waals surface area contributed by atoms with E-state index in [0.717, 1.165) is 16.7 Å². The number of benzene rings is 2. The molecule has 104 valence electrons. The molecule has 0 aromatic heterocycles. The molecule has 0 aliphatic rings. The zero-order chi connectivity index (χ0) is 14.7. The Bertz CT molecular complexity index is 644. The molecule has 0 aliphatic carbocycles. The van der Waals surface area contributed by atoms with Gasteiger partial charge in [-0.15, -0.1) is 11.6 Å². The number of alkyl halides is 1. The zero-order valence-corrected chi connectivity index (χ0v) is 13.9. The van der Waals surface area contributed by atoms with Gasteiger partial charge in [0.1, 0.15) is 0 Å². The second-order valence-corrected chi connectivity index (χ2v) is 5.98. The predicted octanol–water partition coefficient (Wildman–Crippen LogP) is 6.99. The maximum Gasteiger partial charge on any atom is 0.0529 e. The molecule has 20 heavy (non-hydrogen) atoms. The Kier molecular flexibility index (Phi) is 5.65. The van der Waals surface area contributed by atoms with Crippen LogP contribution in [0.3, 0.4) is 0 Å². The van der Waals surface area contributed by atoms with E-state index in [0.29, 0.717) is 20.1 Å². The maximum atomic E-state index is 6.43. The number of hydrogen-bond donors (Lipinski definition) is 0. The van der Waals surface area contributed by atoms with Crippen molar-refractivity contribution in [2.45, 2.75) is 0 Å². The van der Waals surface area contributed by atoms with E-state index in [2.05, 4.69) is 0 Å². The highest BCUT2D eigenvalue weighted by Crippen LogP contribution is 2.35. The van der Waals surface area contributed by atoms with Crippen LogP contribution in [-0.2, 0) is 0 Å². The summed E-state index contributed by atoms with van der Waals surface area (Å²) in [7, 11) is 0. The van der Waals surface area contributed by atoms with Crippen LogP contribution in [0.25, 0.3) is 10.6 Å². The molecule has 5 heteroatoms. The lowest BCUT2D eigenvalue weighted by Gasteiger charge is -2.11. The van der Waals surface area contributed by atoms with Crippen LogP contribution in [0.5, 0.6) is 0 Å². The van der Waals surface area contributed by atoms with E-state index >= 15 is 0 Å². The highest BCUT2D eigenvalue weighted by molar-refractivity contribution is 6.54. The first kappa shape index (κ1) is 16.0. The van der Waals surface area contributed by atoms with Crippen molar-refractivity contribution >= 4 is 68.6 Å².